The van der Waals surface area contributed by atoms with E-state index in [1.165, 1.54) is 25.7 Å². The van der Waals surface area contributed by atoms with Gasteiger partial charge >= 0.3 is 40.2 Å². The van der Waals surface area contributed by atoms with Crippen LogP contribution in [0, 0.1) is 6.92 Å². The summed E-state index contributed by atoms with van der Waals surface area (Å²) in [5.74, 6) is -0.938. The molecule has 0 radical (unpaired) electrons. The maximum atomic E-state index is 11.7. The zero-order valence-electron chi connectivity index (χ0n) is 17.0. The molecule has 0 aromatic rings. The molecule has 1 amide bonds. The summed E-state index contributed by atoms with van der Waals surface area (Å²) in [4.78, 5) is 22.2. The van der Waals surface area contributed by atoms with Crippen LogP contribution in [0.15, 0.2) is 0 Å². The molecular formula is C17H33N2NaO6S. The molecule has 0 aromatic heterocycles. The second kappa shape index (κ2) is 20.3. The quantitative estimate of drug-likeness (QED) is 0.142. The van der Waals surface area contributed by atoms with Crippen LogP contribution in [0.2, 0.25) is 0 Å². The standard InChI is InChI=1S/C17H34N2O3.Na.O3S/c1-4-5-6-7-8-9-10-12-16(20)18-13-11-14-19(2,3)15-17(21)22;;1-4(2)3/h1,4-15H2,2-3H3,(H,18,20)(H,21,22);;/q;+1;/p-1. The van der Waals surface area contributed by atoms with Crippen molar-refractivity contribution in [2.75, 3.05) is 33.7 Å². The van der Waals surface area contributed by atoms with Crippen LogP contribution in [-0.2, 0) is 20.2 Å². The number of unbranched alkanes of at least 4 members (excludes halogenated alkanes) is 6. The van der Waals surface area contributed by atoms with Crippen LogP contribution in [0.3, 0.4) is 0 Å². The number of hydrogen-bond acceptors (Lipinski definition) is 6. The number of likely N-dealkylation sites (N-methyl/N-ethyl adjacent to an activating group) is 1. The Morgan fingerprint density at radius 2 is 1.44 bits per heavy atom. The van der Waals surface area contributed by atoms with Gasteiger partial charge in [0.25, 0.3) is 0 Å². The van der Waals surface area contributed by atoms with Crippen LogP contribution in [0.25, 0.3) is 0 Å². The Bertz CT molecular complexity index is 490. The molecular weight excluding hydrogens is 383 g/mol. The third kappa shape index (κ3) is 30.5. The molecule has 0 bridgehead atoms. The second-order valence-electron chi connectivity index (χ2n) is 6.82. The van der Waals surface area contributed by atoms with Gasteiger partial charge in [-0.25, -0.2) is 0 Å². The molecule has 0 rings (SSSR count). The average Bonchev–Trinajstić information content (AvgIpc) is 2.49. The van der Waals surface area contributed by atoms with Crippen LogP contribution in [0.4, 0.5) is 0 Å². The molecule has 27 heavy (non-hydrogen) atoms. The molecule has 0 unspecified atom stereocenters. The molecule has 0 aliphatic heterocycles. The largest absolute Gasteiger partial charge is 1.00 e. The summed E-state index contributed by atoms with van der Waals surface area (Å²) in [5.41, 5.74) is 0. The van der Waals surface area contributed by atoms with Crippen molar-refractivity contribution in [2.45, 2.75) is 57.8 Å². The molecule has 0 fully saturated rings. The normalized spacial score (nSPS) is 10.2. The molecule has 10 heteroatoms. The van der Waals surface area contributed by atoms with E-state index in [0.717, 1.165) is 25.7 Å². The molecule has 0 atom stereocenters. The van der Waals surface area contributed by atoms with Gasteiger partial charge in [0.05, 0.1) is 26.6 Å². The second-order valence-corrected chi connectivity index (χ2v) is 7.23. The zero-order valence-corrected chi connectivity index (χ0v) is 19.8. The molecule has 0 heterocycles. The van der Waals surface area contributed by atoms with Crippen molar-refractivity contribution < 1.29 is 61.4 Å². The van der Waals surface area contributed by atoms with E-state index in [0.29, 0.717) is 24.0 Å². The van der Waals surface area contributed by atoms with Gasteiger partial charge in [0, 0.05) is 19.4 Å². The monoisotopic (exact) mass is 416 g/mol. The van der Waals surface area contributed by atoms with Gasteiger partial charge in [0.2, 0.25) is 5.91 Å². The van der Waals surface area contributed by atoms with E-state index in [-0.39, 0.29) is 42.0 Å². The first-order chi connectivity index (χ1) is 12.1. The Labute approximate surface area is 187 Å². The predicted octanol–water partition coefficient (Wildman–Crippen LogP) is -2.73. The first-order valence-corrected chi connectivity index (χ1v) is 9.95. The summed E-state index contributed by atoms with van der Waals surface area (Å²) in [5, 5.41) is 13.5. The van der Waals surface area contributed by atoms with E-state index in [1.54, 1.807) is 0 Å². The smallest absolute Gasteiger partial charge is 0.544 e. The van der Waals surface area contributed by atoms with Gasteiger partial charge in [-0.1, -0.05) is 32.1 Å². The summed E-state index contributed by atoms with van der Waals surface area (Å²) in [6, 6.07) is 0. The molecule has 0 aliphatic carbocycles. The minimum absolute atomic E-state index is 0. The van der Waals surface area contributed by atoms with Crippen molar-refractivity contribution in [2.24, 2.45) is 0 Å². The maximum absolute atomic E-state index is 11.7. The molecule has 8 nitrogen and oxygen atoms in total. The third-order valence-corrected chi connectivity index (χ3v) is 3.72. The Balaban J connectivity index is -0.00000104. The van der Waals surface area contributed by atoms with Crippen molar-refractivity contribution in [3.63, 3.8) is 0 Å². The predicted molar refractivity (Wildman–Crippen MR) is 96.5 cm³/mol. The zero-order chi connectivity index (χ0) is 20.4. The van der Waals surface area contributed by atoms with E-state index in [4.69, 9.17) is 12.6 Å². The topological polar surface area (TPSA) is 120 Å². The number of nitrogens with zero attached hydrogens (tertiary/aromatic N) is 1. The van der Waals surface area contributed by atoms with Gasteiger partial charge < -0.3 is 26.6 Å². The summed E-state index contributed by atoms with van der Waals surface area (Å²) >= 11 is 0. The van der Waals surface area contributed by atoms with E-state index in [2.05, 4.69) is 12.2 Å². The first kappa shape index (κ1) is 31.2. The van der Waals surface area contributed by atoms with Gasteiger partial charge in [-0.2, -0.15) is 6.42 Å². The molecule has 154 valence electrons. The average molecular weight is 417 g/mol. The molecule has 1 N–H and O–H groups in total. The van der Waals surface area contributed by atoms with E-state index in [9.17, 15) is 14.7 Å². The fraction of sp³-hybridized carbons (Fsp3) is 0.824. The number of carboxylic acid groups (broad SMARTS) is 1. The van der Waals surface area contributed by atoms with Crippen LogP contribution >= 0.6 is 0 Å². The van der Waals surface area contributed by atoms with Gasteiger partial charge in [-0.3, -0.25) is 4.79 Å². The number of nitrogens with one attached hydrogen (secondary N) is 1. The fourth-order valence-corrected chi connectivity index (χ4v) is 2.42. The van der Waals surface area contributed by atoms with Crippen molar-refractivity contribution in [3.8, 4) is 0 Å². The van der Waals surface area contributed by atoms with Gasteiger partial charge in [-0.05, 0) is 6.42 Å². The van der Waals surface area contributed by atoms with Crippen LogP contribution in [0.5, 0.6) is 0 Å². The van der Waals surface area contributed by atoms with Crippen LogP contribution in [0.1, 0.15) is 57.8 Å². The Hall–Kier alpha value is -0.480. The van der Waals surface area contributed by atoms with E-state index < -0.39 is 16.6 Å². The summed E-state index contributed by atoms with van der Waals surface area (Å²) in [6.45, 7) is 5.14. The molecule has 0 saturated carbocycles. The number of quaternary nitrogens is 1. The number of carbonyl (C=O) groups is 2. The molecule has 0 spiro atoms. The molecule has 0 aromatic carbocycles. The van der Waals surface area contributed by atoms with Crippen molar-refractivity contribution >= 4 is 22.5 Å². The minimum atomic E-state index is -3.11. The van der Waals surface area contributed by atoms with Crippen molar-refractivity contribution in [1.82, 2.24) is 5.32 Å². The Morgan fingerprint density at radius 3 is 1.93 bits per heavy atom. The summed E-state index contributed by atoms with van der Waals surface area (Å²) < 4.78 is 25.7. The minimum Gasteiger partial charge on any atom is -0.544 e. The number of hydrogen-bond donors (Lipinski definition) is 1. The fourth-order valence-electron chi connectivity index (χ4n) is 2.42. The Morgan fingerprint density at radius 1 is 0.963 bits per heavy atom. The number of rotatable bonds is 14. The van der Waals surface area contributed by atoms with Gasteiger partial charge in [-0.15, -0.1) is 12.6 Å². The summed E-state index contributed by atoms with van der Waals surface area (Å²) in [6.07, 6.45) is 9.32. The molecule has 0 aliphatic rings. The van der Waals surface area contributed by atoms with E-state index >= 15 is 0 Å². The van der Waals surface area contributed by atoms with Crippen LogP contribution in [-0.4, -0.2) is 62.7 Å². The number of amides is 1. The number of carbonyl (C=O) groups excluding carboxylic acids is 2. The SMILES string of the molecule is O=S(=O)=O.[CH2-]CCCCCCCCC(=O)NCCC[N+](C)(C)CC(=O)[O-].[Na+]. The van der Waals surface area contributed by atoms with E-state index in [1.807, 2.05) is 14.1 Å². The number of aliphatic carboxylic acids is 1. The first-order valence-electron chi connectivity index (χ1n) is 8.95. The van der Waals surface area contributed by atoms with Gasteiger partial charge in [0.1, 0.15) is 6.54 Å². The van der Waals surface area contributed by atoms with Crippen molar-refractivity contribution in [3.05, 3.63) is 6.92 Å². The van der Waals surface area contributed by atoms with Crippen LogP contribution < -0.4 is 40.0 Å². The van der Waals surface area contributed by atoms with Gasteiger partial charge in [0.15, 0.2) is 0 Å². The maximum Gasteiger partial charge on any atom is 1.00 e. The van der Waals surface area contributed by atoms with Crippen molar-refractivity contribution in [1.29, 1.82) is 0 Å². The Kier molecular flexibility index (Phi) is 23.4. The summed E-state index contributed by atoms with van der Waals surface area (Å²) in [7, 11) is 0.596. The third-order valence-electron chi connectivity index (χ3n) is 3.72. The molecule has 0 saturated heterocycles. The number of carboxylic acids is 1.